The zero-order chi connectivity index (χ0) is 22.7. The molecule has 8 nitrogen and oxygen atoms in total. The van der Waals surface area contributed by atoms with E-state index in [2.05, 4.69) is 38.8 Å². The lowest BCUT2D eigenvalue weighted by Gasteiger charge is -2.36. The highest BCUT2D eigenvalue weighted by atomic mass is 32.2. The summed E-state index contributed by atoms with van der Waals surface area (Å²) in [5.41, 5.74) is 0. The highest BCUT2D eigenvalue weighted by Gasteiger charge is 2.30. The molecule has 3 heterocycles. The molecule has 182 valence electrons. The second-order valence-electron chi connectivity index (χ2n) is 9.47. The first kappa shape index (κ1) is 23.4. The molecule has 0 bridgehead atoms. The van der Waals surface area contributed by atoms with Crippen LogP contribution >= 0.6 is 11.5 Å². The Labute approximate surface area is 201 Å². The van der Waals surface area contributed by atoms with E-state index in [4.69, 9.17) is 9.11 Å². The van der Waals surface area contributed by atoms with Crippen molar-refractivity contribution in [3.63, 3.8) is 0 Å². The molecule has 1 aliphatic carbocycles. The van der Waals surface area contributed by atoms with Gasteiger partial charge in [0.1, 0.15) is 5.82 Å². The monoisotopic (exact) mass is 493 g/mol. The van der Waals surface area contributed by atoms with Gasteiger partial charge in [0.05, 0.1) is 17.9 Å². The van der Waals surface area contributed by atoms with Crippen LogP contribution in [0.3, 0.4) is 0 Å². The summed E-state index contributed by atoms with van der Waals surface area (Å²) in [6.45, 7) is 7.26. The van der Waals surface area contributed by atoms with Crippen molar-refractivity contribution in [3.05, 3.63) is 24.3 Å². The summed E-state index contributed by atoms with van der Waals surface area (Å²) in [6, 6.07) is 8.58. The Kier molecular flexibility index (Phi) is 7.48. The average Bonchev–Trinajstić information content (AvgIpc) is 3.29. The van der Waals surface area contributed by atoms with Gasteiger partial charge in [-0.1, -0.05) is 12.1 Å². The summed E-state index contributed by atoms with van der Waals surface area (Å²) >= 11 is 1.59. The lowest BCUT2D eigenvalue weighted by atomic mass is 9.84. The van der Waals surface area contributed by atoms with Crippen molar-refractivity contribution in [1.82, 2.24) is 18.3 Å². The summed E-state index contributed by atoms with van der Waals surface area (Å²) in [5.74, 6) is 1.85. The second kappa shape index (κ2) is 10.5. The Hall–Kier alpha value is -1.30. The number of morpholine rings is 1. The normalized spacial score (nSPS) is 26.1. The van der Waals surface area contributed by atoms with Crippen LogP contribution in [0.25, 0.3) is 10.1 Å². The fourth-order valence-corrected chi connectivity index (χ4v) is 7.52. The number of fused-ring (bicyclic) bond motifs is 1. The number of hydrogen-bond donors (Lipinski definition) is 1. The molecule has 33 heavy (non-hydrogen) atoms. The minimum Gasteiger partial charge on any atom is -0.379 e. The zero-order valence-electron chi connectivity index (χ0n) is 19.2. The summed E-state index contributed by atoms with van der Waals surface area (Å²) in [6.07, 6.45) is 5.32. The van der Waals surface area contributed by atoms with Gasteiger partial charge in [0.25, 0.3) is 10.2 Å². The van der Waals surface area contributed by atoms with Crippen molar-refractivity contribution < 1.29 is 13.2 Å². The van der Waals surface area contributed by atoms with Crippen LogP contribution in [-0.2, 0) is 14.9 Å². The Morgan fingerprint density at radius 3 is 2.48 bits per heavy atom. The van der Waals surface area contributed by atoms with Crippen LogP contribution in [0.5, 0.6) is 0 Å². The van der Waals surface area contributed by atoms with Crippen LogP contribution in [0, 0.1) is 5.92 Å². The van der Waals surface area contributed by atoms with E-state index < -0.39 is 10.2 Å². The molecule has 5 rings (SSSR count). The number of ether oxygens (including phenoxy) is 1. The summed E-state index contributed by atoms with van der Waals surface area (Å²) in [7, 11) is -3.38. The summed E-state index contributed by atoms with van der Waals surface area (Å²) < 4.78 is 40.9. The maximum absolute atomic E-state index is 12.6. The van der Waals surface area contributed by atoms with Gasteiger partial charge in [0.2, 0.25) is 0 Å². The van der Waals surface area contributed by atoms with Gasteiger partial charge >= 0.3 is 0 Å². The zero-order valence-corrected chi connectivity index (χ0v) is 20.8. The van der Waals surface area contributed by atoms with Crippen molar-refractivity contribution in [3.8, 4) is 0 Å². The lowest BCUT2D eigenvalue weighted by molar-refractivity contribution is 0.0721. The van der Waals surface area contributed by atoms with E-state index in [0.717, 1.165) is 64.2 Å². The first-order chi connectivity index (χ1) is 16.1. The summed E-state index contributed by atoms with van der Waals surface area (Å²) in [4.78, 5) is 5.01. The molecule has 0 atom stereocenters. The van der Waals surface area contributed by atoms with E-state index >= 15 is 0 Å². The molecular formula is C23H35N5O3S2. The molecule has 0 radical (unpaired) electrons. The maximum atomic E-state index is 12.6. The van der Waals surface area contributed by atoms with Crippen LogP contribution < -0.4 is 9.62 Å². The number of piperazine rings is 1. The molecule has 0 unspecified atom stereocenters. The third kappa shape index (κ3) is 5.68. The van der Waals surface area contributed by atoms with Gasteiger partial charge in [-0.3, -0.25) is 4.90 Å². The van der Waals surface area contributed by atoms with Crippen molar-refractivity contribution in [2.75, 3.05) is 63.9 Å². The first-order valence-electron chi connectivity index (χ1n) is 12.3. The standard InChI is InChI=1S/C23H35N5O3S2/c29-33(30,28-15-17-31-18-16-28)25-20-7-5-19(6-8-20)9-10-26-11-13-27(14-12-26)23-21-3-1-2-4-22(21)32-24-23/h1-4,19-20,25H,5-18H2. The quantitative estimate of drug-likeness (QED) is 0.639. The minimum absolute atomic E-state index is 0.0746. The van der Waals surface area contributed by atoms with E-state index in [1.807, 2.05) is 0 Å². The fourth-order valence-electron chi connectivity index (χ4n) is 5.29. The van der Waals surface area contributed by atoms with Gasteiger partial charge < -0.3 is 9.64 Å². The van der Waals surface area contributed by atoms with E-state index in [1.54, 1.807) is 11.5 Å². The molecule has 1 aromatic carbocycles. The highest BCUT2D eigenvalue weighted by molar-refractivity contribution is 7.87. The third-order valence-corrected chi connectivity index (χ3v) is 9.85. The lowest BCUT2D eigenvalue weighted by Crippen LogP contribution is -2.50. The predicted molar refractivity (Wildman–Crippen MR) is 133 cm³/mol. The van der Waals surface area contributed by atoms with E-state index in [9.17, 15) is 8.42 Å². The van der Waals surface area contributed by atoms with Crippen molar-refractivity contribution in [1.29, 1.82) is 0 Å². The number of benzene rings is 1. The molecule has 1 N–H and O–H groups in total. The third-order valence-electron chi connectivity index (χ3n) is 7.36. The number of anilines is 1. The van der Waals surface area contributed by atoms with Crippen LogP contribution in [0.2, 0.25) is 0 Å². The van der Waals surface area contributed by atoms with Gasteiger partial charge in [-0.25, -0.2) is 0 Å². The molecule has 2 aliphatic heterocycles. The topological polar surface area (TPSA) is 78.0 Å². The molecule has 2 saturated heterocycles. The van der Waals surface area contributed by atoms with Gasteiger partial charge in [-0.2, -0.15) is 21.8 Å². The predicted octanol–water partition coefficient (Wildman–Crippen LogP) is 2.53. The van der Waals surface area contributed by atoms with Gasteiger partial charge in [-0.15, -0.1) is 0 Å². The fraction of sp³-hybridized carbons (Fsp3) is 0.696. The van der Waals surface area contributed by atoms with Crippen LogP contribution in [0.4, 0.5) is 5.82 Å². The van der Waals surface area contributed by atoms with Crippen LogP contribution in [0.1, 0.15) is 32.1 Å². The van der Waals surface area contributed by atoms with Crippen molar-refractivity contribution in [2.24, 2.45) is 5.92 Å². The molecule has 0 spiro atoms. The SMILES string of the molecule is O=S(=O)(NC1CCC(CCN2CCN(c3nsc4ccccc34)CC2)CC1)N1CCOCC1. The number of rotatable bonds is 7. The van der Waals surface area contributed by atoms with Gasteiger partial charge in [-0.05, 0) is 68.2 Å². The second-order valence-corrected chi connectivity index (χ2v) is 12.0. The van der Waals surface area contributed by atoms with E-state index in [1.165, 1.54) is 20.8 Å². The van der Waals surface area contributed by atoms with Gasteiger partial charge in [0.15, 0.2) is 0 Å². The van der Waals surface area contributed by atoms with Crippen molar-refractivity contribution in [2.45, 2.75) is 38.1 Å². The van der Waals surface area contributed by atoms with Gasteiger partial charge in [0, 0.05) is 50.7 Å². The number of nitrogens with one attached hydrogen (secondary N) is 1. The minimum atomic E-state index is -3.38. The highest BCUT2D eigenvalue weighted by Crippen LogP contribution is 2.31. The summed E-state index contributed by atoms with van der Waals surface area (Å²) in [5, 5.41) is 1.27. The molecule has 2 aromatic rings. The smallest absolute Gasteiger partial charge is 0.279 e. The Balaban J connectivity index is 1.02. The molecule has 0 amide bonds. The average molecular weight is 494 g/mol. The molecule has 3 fully saturated rings. The van der Waals surface area contributed by atoms with E-state index in [0.29, 0.717) is 32.2 Å². The Bertz CT molecular complexity index is 1010. The van der Waals surface area contributed by atoms with Crippen molar-refractivity contribution >= 4 is 37.6 Å². The Morgan fingerprint density at radius 2 is 1.73 bits per heavy atom. The molecule has 3 aliphatic rings. The first-order valence-corrected chi connectivity index (χ1v) is 14.5. The van der Waals surface area contributed by atoms with E-state index in [-0.39, 0.29) is 6.04 Å². The number of hydrogen-bond acceptors (Lipinski definition) is 7. The molecule has 1 aromatic heterocycles. The number of nitrogens with zero attached hydrogens (tertiary/aromatic N) is 4. The largest absolute Gasteiger partial charge is 0.379 e. The number of aromatic nitrogens is 1. The molecular weight excluding hydrogens is 458 g/mol. The Morgan fingerprint density at radius 1 is 1.00 bits per heavy atom. The molecule has 10 heteroatoms. The van der Waals surface area contributed by atoms with Crippen LogP contribution in [0.15, 0.2) is 24.3 Å². The molecule has 1 saturated carbocycles. The van der Waals surface area contributed by atoms with Crippen LogP contribution in [-0.4, -0.2) is 87.1 Å². The maximum Gasteiger partial charge on any atom is 0.279 e.